The van der Waals surface area contributed by atoms with Gasteiger partial charge in [0.05, 0.1) is 22.3 Å². The molecule has 0 radical (unpaired) electrons. The Morgan fingerprint density at radius 3 is 0.888 bits per heavy atom. The molecule has 10 aliphatic rings. The van der Waals surface area contributed by atoms with Gasteiger partial charge in [0, 0.05) is 55.3 Å². The molecule has 0 atom stereocenters. The van der Waals surface area contributed by atoms with Crippen LogP contribution in [-0.2, 0) is 83.9 Å². The summed E-state index contributed by atoms with van der Waals surface area (Å²) in [6.07, 6.45) is 7.23. The van der Waals surface area contributed by atoms with E-state index >= 15 is 0 Å². The largest absolute Gasteiger partial charge is 0.454 e. The van der Waals surface area contributed by atoms with Crippen molar-refractivity contribution in [2.24, 2.45) is 0 Å². The third-order valence-electron chi connectivity index (χ3n) is 21.3. The van der Waals surface area contributed by atoms with Crippen LogP contribution in [0.5, 0.6) is 23.0 Å². The maximum absolute atomic E-state index is 7.43. The lowest BCUT2D eigenvalue weighted by Crippen LogP contribution is -2.28. The third kappa shape index (κ3) is 12.9. The first kappa shape index (κ1) is 65.6. The SMILES string of the molecule is CC(C)(C)c1cc(C#Cc2cc3ccc2CCc2ccc(cc2)CC3)c2c(c1)C(C)(C)c1cc(C(C)(C)C)cc(C#Cc3cc4ccc3CCc3ccc(c(C#Cc5cc(C(C)(C)C)cc6c5Oc5c(C#Cc7cccc8ccccc78)cc(C(C)(C)C)cc5C6(C)C)c3)CC4)c1O2. The van der Waals surface area contributed by atoms with Crippen molar-refractivity contribution in [3.63, 3.8) is 0 Å². The van der Waals surface area contributed by atoms with Gasteiger partial charge in [0.15, 0.2) is 0 Å². The minimum Gasteiger partial charge on any atom is -0.454 e. The molecule has 10 aromatic rings. The van der Waals surface area contributed by atoms with Gasteiger partial charge in [0.2, 0.25) is 0 Å². The van der Waals surface area contributed by atoms with Crippen molar-refractivity contribution in [2.75, 3.05) is 0 Å². The molecular formula is C96H92O2. The molecule has 20 rings (SSSR count). The zero-order chi connectivity index (χ0) is 68.8. The van der Waals surface area contributed by atoms with E-state index in [2.05, 4.69) is 328 Å². The van der Waals surface area contributed by atoms with E-state index in [9.17, 15) is 0 Å². The summed E-state index contributed by atoms with van der Waals surface area (Å²) in [6, 6.07) is 63.6. The van der Waals surface area contributed by atoms with Crippen molar-refractivity contribution in [2.45, 2.75) is 195 Å². The lowest BCUT2D eigenvalue weighted by molar-refractivity contribution is 0.412. The van der Waals surface area contributed by atoms with E-state index in [0.29, 0.717) is 0 Å². The Kier molecular flexibility index (Phi) is 16.5. The van der Waals surface area contributed by atoms with Gasteiger partial charge in [-0.25, -0.2) is 0 Å². The molecule has 98 heavy (non-hydrogen) atoms. The van der Waals surface area contributed by atoms with Crippen molar-refractivity contribution < 1.29 is 9.47 Å². The summed E-state index contributed by atoms with van der Waals surface area (Å²) in [4.78, 5) is 0. The molecule has 2 aliphatic heterocycles. The zero-order valence-corrected chi connectivity index (χ0v) is 60.6. The van der Waals surface area contributed by atoms with Gasteiger partial charge in [-0.15, -0.1) is 0 Å². The highest BCUT2D eigenvalue weighted by Crippen LogP contribution is 2.55. The first-order valence-electron chi connectivity index (χ1n) is 35.6. The van der Waals surface area contributed by atoms with Gasteiger partial charge >= 0.3 is 0 Å². The van der Waals surface area contributed by atoms with Crippen molar-refractivity contribution in [1.82, 2.24) is 0 Å². The first-order chi connectivity index (χ1) is 46.5. The summed E-state index contributed by atoms with van der Waals surface area (Å²) in [5, 5.41) is 2.32. The predicted octanol–water partition coefficient (Wildman–Crippen LogP) is 22.3. The van der Waals surface area contributed by atoms with E-state index in [0.717, 1.165) is 147 Å². The molecule has 2 heteroatoms. The number of benzene rings is 10. The summed E-state index contributed by atoms with van der Waals surface area (Å²) in [6.45, 7) is 36.9. The molecule has 2 nitrogen and oxygen atoms in total. The molecule has 0 saturated carbocycles. The van der Waals surface area contributed by atoms with Crippen molar-refractivity contribution >= 4 is 10.8 Å². The van der Waals surface area contributed by atoms with Gasteiger partial charge in [0.1, 0.15) is 23.0 Å². The van der Waals surface area contributed by atoms with E-state index in [1.165, 1.54) is 72.1 Å². The van der Waals surface area contributed by atoms with Gasteiger partial charge < -0.3 is 9.47 Å². The fraction of sp³-hybridized carbons (Fsp3) is 0.312. The number of rotatable bonds is 0. The van der Waals surface area contributed by atoms with Crippen LogP contribution in [0.1, 0.15) is 244 Å². The highest BCUT2D eigenvalue weighted by Gasteiger charge is 2.41. The highest BCUT2D eigenvalue weighted by molar-refractivity contribution is 5.88. The van der Waals surface area contributed by atoms with Gasteiger partial charge in [-0.05, 0) is 199 Å². The smallest absolute Gasteiger partial charge is 0.147 e. The molecule has 0 aromatic heterocycles. The summed E-state index contributed by atoms with van der Waals surface area (Å²) < 4.78 is 14.8. The Bertz CT molecular complexity index is 5180. The molecule has 2 heterocycles. The van der Waals surface area contributed by atoms with Gasteiger partial charge in [-0.1, -0.05) is 279 Å². The standard InChI is InChI=1S/C96H92O2/c1-91(2,3)78-53-74(46-42-70-22-19-21-69-20-17-18-23-82(69)70)87-83(57-78)95(13,14)84-58-80(93(7,8)9)55-76(88(84)97-87)48-44-72-51-64-32-38-67(72)39-33-65-35-41-68(40-34-64)73(52-65)45-49-77-56-81(94(10,11)12)60-86-90(77)98-89-75(54-79(92(4,5)6)59-85(89)96(86,15)16)47-43-71-50-63-29-28-61-24-26-62(27-25-61)30-36-66(71)37-31-63/h17-27,31-32,35,37-38,41,50-60H,28-30,33-34,36,39-40H2,1-16H3. The minimum absolute atomic E-state index is 0.115. The fourth-order valence-corrected chi connectivity index (χ4v) is 14.6. The topological polar surface area (TPSA) is 18.5 Å². The monoisotopic (exact) mass is 1280 g/mol. The molecule has 0 N–H and O–H groups in total. The Balaban J connectivity index is 0.802. The fourth-order valence-electron chi connectivity index (χ4n) is 14.6. The van der Waals surface area contributed by atoms with Crippen molar-refractivity contribution in [3.8, 4) is 70.4 Å². The molecule has 0 amide bonds. The lowest BCUT2D eigenvalue weighted by atomic mass is 9.70. The molecule has 10 aromatic carbocycles. The average molecular weight is 1280 g/mol. The Labute approximate surface area is 585 Å². The van der Waals surface area contributed by atoms with E-state index in [1.54, 1.807) is 0 Å². The Morgan fingerprint density at radius 2 is 0.541 bits per heavy atom. The highest BCUT2D eigenvalue weighted by atomic mass is 16.5. The molecule has 0 saturated heterocycles. The zero-order valence-electron chi connectivity index (χ0n) is 60.6. The lowest BCUT2D eigenvalue weighted by Gasteiger charge is -2.38. The number of fused-ring (bicyclic) bond motifs is 5. The number of ether oxygens (including phenoxy) is 2. The number of hydrogen-bond acceptors (Lipinski definition) is 2. The van der Waals surface area contributed by atoms with Gasteiger partial charge in [0.25, 0.3) is 0 Å². The number of aryl methyl sites for hydroxylation is 8. The van der Waals surface area contributed by atoms with E-state index in [4.69, 9.17) is 9.47 Å². The number of hydrogen-bond donors (Lipinski definition) is 0. The molecule has 8 aliphatic carbocycles. The molecule has 488 valence electrons. The van der Waals surface area contributed by atoms with Crippen LogP contribution in [-0.4, -0.2) is 0 Å². The van der Waals surface area contributed by atoms with Crippen molar-refractivity contribution in [3.05, 3.63) is 303 Å². The van der Waals surface area contributed by atoms with E-state index in [1.807, 2.05) is 0 Å². The van der Waals surface area contributed by atoms with Crippen LogP contribution in [0.3, 0.4) is 0 Å². The molecule has 0 unspecified atom stereocenters. The quantitative estimate of drug-likeness (QED) is 0.141. The van der Waals surface area contributed by atoms with Gasteiger partial charge in [-0.3, -0.25) is 0 Å². The predicted molar refractivity (Wildman–Crippen MR) is 408 cm³/mol. The second-order valence-electron chi connectivity index (χ2n) is 33.4. The molecule has 0 spiro atoms. The summed E-state index contributed by atoms with van der Waals surface area (Å²) in [5.74, 6) is 33.3. The summed E-state index contributed by atoms with van der Waals surface area (Å²) in [7, 11) is 0. The normalized spacial score (nSPS) is 14.8. The van der Waals surface area contributed by atoms with Gasteiger partial charge in [-0.2, -0.15) is 0 Å². The second-order valence-corrected chi connectivity index (χ2v) is 33.4. The van der Waals surface area contributed by atoms with Crippen LogP contribution in [0.2, 0.25) is 0 Å². The van der Waals surface area contributed by atoms with Crippen LogP contribution in [0, 0.1) is 47.4 Å². The maximum Gasteiger partial charge on any atom is 0.147 e. The molecule has 0 fully saturated rings. The van der Waals surface area contributed by atoms with Crippen LogP contribution < -0.4 is 9.47 Å². The van der Waals surface area contributed by atoms with Crippen LogP contribution in [0.4, 0.5) is 0 Å². The van der Waals surface area contributed by atoms with Crippen LogP contribution in [0.15, 0.2) is 170 Å². The Morgan fingerprint density at radius 1 is 0.265 bits per heavy atom. The molecule has 8 bridgehead atoms. The van der Waals surface area contributed by atoms with Crippen LogP contribution >= 0.6 is 0 Å². The summed E-state index contributed by atoms with van der Waals surface area (Å²) >= 11 is 0. The van der Waals surface area contributed by atoms with Crippen LogP contribution in [0.25, 0.3) is 10.8 Å². The average Bonchev–Trinajstić information content (AvgIpc) is 0.728. The first-order valence-corrected chi connectivity index (χ1v) is 35.6. The van der Waals surface area contributed by atoms with Crippen molar-refractivity contribution in [1.29, 1.82) is 0 Å². The molecular weight excluding hydrogens is 1190 g/mol. The Hall–Kier alpha value is -9.70. The third-order valence-corrected chi connectivity index (χ3v) is 21.3. The van der Waals surface area contributed by atoms with E-state index < -0.39 is 10.8 Å². The second kappa shape index (κ2) is 24.7. The minimum atomic E-state index is -0.424. The maximum atomic E-state index is 7.43. The summed E-state index contributed by atoms with van der Waals surface area (Å²) in [5.41, 5.74) is 26.3. The van der Waals surface area contributed by atoms with E-state index in [-0.39, 0.29) is 21.7 Å².